The average Bonchev–Trinajstić information content (AvgIpc) is 2.35. The quantitative estimate of drug-likeness (QED) is 0.835. The van der Waals surface area contributed by atoms with Gasteiger partial charge < -0.3 is 15.3 Å². The molecule has 4 nitrogen and oxygen atoms in total. The molecule has 1 amide bonds. The molecule has 0 aliphatic rings. The number of aliphatic hydroxyl groups excluding tert-OH is 1. The maximum atomic E-state index is 11.9. The molecular formula is C15H23BrN2O2. The van der Waals surface area contributed by atoms with Crippen LogP contribution in [0.1, 0.15) is 32.4 Å². The highest BCUT2D eigenvalue weighted by Gasteiger charge is 2.14. The Labute approximate surface area is 129 Å². The number of nitrogens with one attached hydrogen (secondary N) is 1. The van der Waals surface area contributed by atoms with Crippen molar-refractivity contribution < 1.29 is 9.90 Å². The van der Waals surface area contributed by atoms with Crippen LogP contribution in [-0.4, -0.2) is 31.2 Å². The van der Waals surface area contributed by atoms with Gasteiger partial charge >= 0.3 is 0 Å². The lowest BCUT2D eigenvalue weighted by Crippen LogP contribution is -2.37. The maximum Gasteiger partial charge on any atom is 0.239 e. The first-order chi connectivity index (χ1) is 9.31. The molecule has 1 rings (SSSR count). The molecule has 0 saturated carbocycles. The fraction of sp³-hybridized carbons (Fsp3) is 0.533. The summed E-state index contributed by atoms with van der Waals surface area (Å²) in [5.74, 6) is 0.417. The van der Waals surface area contributed by atoms with Crippen LogP contribution < -0.4 is 10.2 Å². The summed E-state index contributed by atoms with van der Waals surface area (Å²) < 4.78 is 0.923. The number of hydrogen-bond acceptors (Lipinski definition) is 3. The van der Waals surface area contributed by atoms with Crippen molar-refractivity contribution in [3.05, 3.63) is 28.2 Å². The minimum Gasteiger partial charge on any atom is -0.389 e. The van der Waals surface area contributed by atoms with Gasteiger partial charge in [-0.3, -0.25) is 4.79 Å². The van der Waals surface area contributed by atoms with Crippen molar-refractivity contribution in [2.45, 2.75) is 26.9 Å². The summed E-state index contributed by atoms with van der Waals surface area (Å²) in [6.45, 7) is 6.78. The first kappa shape index (κ1) is 17.0. The highest BCUT2D eigenvalue weighted by Crippen LogP contribution is 2.28. The molecule has 0 bridgehead atoms. The van der Waals surface area contributed by atoms with Crippen LogP contribution in [0.3, 0.4) is 0 Å². The number of amides is 1. The average molecular weight is 343 g/mol. The van der Waals surface area contributed by atoms with Crippen molar-refractivity contribution in [2.75, 3.05) is 25.0 Å². The standard InChI is InChI=1S/C15H23BrN2O2/c1-10(2)8-17-15(20)9-18(4)14-7-12(16)5-6-13(14)11(3)19/h5-7,10-11,19H,8-9H2,1-4H3,(H,17,20). The van der Waals surface area contributed by atoms with Gasteiger partial charge in [0.1, 0.15) is 0 Å². The highest BCUT2D eigenvalue weighted by molar-refractivity contribution is 9.10. The predicted octanol–water partition coefficient (Wildman–Crippen LogP) is 2.71. The Balaban J connectivity index is 2.78. The molecule has 20 heavy (non-hydrogen) atoms. The third-order valence-corrected chi connectivity index (χ3v) is 3.44. The highest BCUT2D eigenvalue weighted by atomic mass is 79.9. The van der Waals surface area contributed by atoms with Crippen molar-refractivity contribution in [1.82, 2.24) is 5.32 Å². The molecule has 0 radical (unpaired) electrons. The molecule has 0 spiro atoms. The normalized spacial score (nSPS) is 12.3. The van der Waals surface area contributed by atoms with Crippen LogP contribution in [-0.2, 0) is 4.79 Å². The van der Waals surface area contributed by atoms with Crippen molar-refractivity contribution in [3.63, 3.8) is 0 Å². The van der Waals surface area contributed by atoms with E-state index in [-0.39, 0.29) is 12.5 Å². The van der Waals surface area contributed by atoms with Crippen LogP contribution in [0.4, 0.5) is 5.69 Å². The zero-order chi connectivity index (χ0) is 15.3. The Morgan fingerprint density at radius 3 is 2.60 bits per heavy atom. The van der Waals surface area contributed by atoms with Gasteiger partial charge in [-0.2, -0.15) is 0 Å². The van der Waals surface area contributed by atoms with Gasteiger partial charge in [0, 0.05) is 29.3 Å². The van der Waals surface area contributed by atoms with Gasteiger partial charge in [-0.05, 0) is 25.0 Å². The van der Waals surface area contributed by atoms with Gasteiger partial charge in [0.2, 0.25) is 5.91 Å². The van der Waals surface area contributed by atoms with Crippen molar-refractivity contribution in [1.29, 1.82) is 0 Å². The minimum atomic E-state index is -0.570. The lowest BCUT2D eigenvalue weighted by Gasteiger charge is -2.23. The zero-order valence-electron chi connectivity index (χ0n) is 12.5. The molecule has 5 heteroatoms. The molecule has 1 atom stereocenters. The summed E-state index contributed by atoms with van der Waals surface area (Å²) >= 11 is 3.42. The lowest BCUT2D eigenvalue weighted by molar-refractivity contribution is -0.119. The molecule has 0 fully saturated rings. The second-order valence-electron chi connectivity index (χ2n) is 5.43. The number of carbonyl (C=O) groups excluding carboxylic acids is 1. The van der Waals surface area contributed by atoms with Gasteiger partial charge in [-0.25, -0.2) is 0 Å². The molecule has 0 aliphatic heterocycles. The largest absolute Gasteiger partial charge is 0.389 e. The lowest BCUT2D eigenvalue weighted by atomic mass is 10.1. The second-order valence-corrected chi connectivity index (χ2v) is 6.35. The summed E-state index contributed by atoms with van der Waals surface area (Å²) in [6, 6.07) is 5.67. The van der Waals surface area contributed by atoms with Crippen molar-refractivity contribution >= 4 is 27.5 Å². The number of aliphatic hydroxyl groups is 1. The SMILES string of the molecule is CC(C)CNC(=O)CN(C)c1cc(Br)ccc1C(C)O. The first-order valence-electron chi connectivity index (χ1n) is 6.76. The number of rotatable bonds is 6. The number of benzene rings is 1. The van der Waals surface area contributed by atoms with Crippen LogP contribution in [0.25, 0.3) is 0 Å². The van der Waals surface area contributed by atoms with E-state index in [1.165, 1.54) is 0 Å². The molecular weight excluding hydrogens is 320 g/mol. The monoisotopic (exact) mass is 342 g/mol. The van der Waals surface area contributed by atoms with Crippen LogP contribution in [0.2, 0.25) is 0 Å². The van der Waals surface area contributed by atoms with Crippen molar-refractivity contribution in [3.8, 4) is 0 Å². The smallest absolute Gasteiger partial charge is 0.239 e. The molecule has 112 valence electrons. The van der Waals surface area contributed by atoms with Crippen LogP contribution in [0.5, 0.6) is 0 Å². The fourth-order valence-electron chi connectivity index (χ4n) is 1.88. The number of hydrogen-bond donors (Lipinski definition) is 2. The number of anilines is 1. The van der Waals surface area contributed by atoms with E-state index in [0.29, 0.717) is 12.5 Å². The van der Waals surface area contributed by atoms with Crippen LogP contribution in [0.15, 0.2) is 22.7 Å². The predicted molar refractivity (Wildman–Crippen MR) is 85.9 cm³/mol. The van der Waals surface area contributed by atoms with E-state index in [4.69, 9.17) is 0 Å². The molecule has 2 N–H and O–H groups in total. The molecule has 0 aromatic heterocycles. The number of carbonyl (C=O) groups is 1. The van der Waals surface area contributed by atoms with Gasteiger partial charge in [-0.15, -0.1) is 0 Å². The van der Waals surface area contributed by atoms with E-state index in [0.717, 1.165) is 15.7 Å². The van der Waals surface area contributed by atoms with Gasteiger partial charge in [0.05, 0.1) is 12.6 Å². The van der Waals surface area contributed by atoms with Crippen LogP contribution >= 0.6 is 15.9 Å². The van der Waals surface area contributed by atoms with Gasteiger partial charge in [-0.1, -0.05) is 35.8 Å². The number of nitrogens with zero attached hydrogens (tertiary/aromatic N) is 1. The Bertz CT molecular complexity index is 461. The second kappa shape index (κ2) is 7.64. The molecule has 0 heterocycles. The van der Waals surface area contributed by atoms with E-state index < -0.39 is 6.10 Å². The summed E-state index contributed by atoms with van der Waals surface area (Å²) in [4.78, 5) is 13.7. The molecule has 0 saturated heterocycles. The van der Waals surface area contributed by atoms with Gasteiger partial charge in [0.25, 0.3) is 0 Å². The Kier molecular flexibility index (Phi) is 6.49. The molecule has 1 unspecified atom stereocenters. The first-order valence-corrected chi connectivity index (χ1v) is 7.56. The van der Waals surface area contributed by atoms with E-state index in [2.05, 4.69) is 35.1 Å². The number of halogens is 1. The van der Waals surface area contributed by atoms with E-state index >= 15 is 0 Å². The van der Waals surface area contributed by atoms with E-state index in [1.54, 1.807) is 6.92 Å². The Morgan fingerprint density at radius 1 is 1.40 bits per heavy atom. The zero-order valence-corrected chi connectivity index (χ0v) is 14.1. The fourth-order valence-corrected chi connectivity index (χ4v) is 2.22. The van der Waals surface area contributed by atoms with Gasteiger partial charge in [0.15, 0.2) is 0 Å². The Hall–Kier alpha value is -1.07. The van der Waals surface area contributed by atoms with E-state index in [1.807, 2.05) is 30.1 Å². The summed E-state index contributed by atoms with van der Waals surface area (Å²) in [5.41, 5.74) is 1.67. The third kappa shape index (κ3) is 5.13. The van der Waals surface area contributed by atoms with E-state index in [9.17, 15) is 9.90 Å². The molecule has 1 aromatic rings. The molecule has 0 aliphatic carbocycles. The number of likely N-dealkylation sites (N-methyl/N-ethyl adjacent to an activating group) is 1. The topological polar surface area (TPSA) is 52.6 Å². The van der Waals surface area contributed by atoms with Crippen LogP contribution in [0, 0.1) is 5.92 Å². The minimum absolute atomic E-state index is 0.0160. The third-order valence-electron chi connectivity index (χ3n) is 2.94. The maximum absolute atomic E-state index is 11.9. The Morgan fingerprint density at radius 2 is 2.05 bits per heavy atom. The molecule has 1 aromatic carbocycles. The summed E-state index contributed by atoms with van der Waals surface area (Å²) in [7, 11) is 1.85. The summed E-state index contributed by atoms with van der Waals surface area (Å²) in [5, 5.41) is 12.7. The van der Waals surface area contributed by atoms with Crippen molar-refractivity contribution in [2.24, 2.45) is 5.92 Å². The summed E-state index contributed by atoms with van der Waals surface area (Å²) in [6.07, 6.45) is -0.570.